The van der Waals surface area contributed by atoms with Crippen LogP contribution < -0.4 is 5.43 Å². The second-order valence-corrected chi connectivity index (χ2v) is 5.25. The fourth-order valence-electron chi connectivity index (χ4n) is 1.27. The molecule has 0 aliphatic carbocycles. The highest BCUT2D eigenvalue weighted by molar-refractivity contribution is 6.66. The van der Waals surface area contributed by atoms with Crippen molar-refractivity contribution in [2.24, 2.45) is 0 Å². The highest BCUT2D eigenvalue weighted by Crippen LogP contribution is 2.36. The van der Waals surface area contributed by atoms with Crippen molar-refractivity contribution in [3.05, 3.63) is 46.3 Å². The maximum atomic E-state index is 11.9. The van der Waals surface area contributed by atoms with Crippen LogP contribution >= 0.6 is 34.8 Å². The number of benzene rings is 1. The van der Waals surface area contributed by atoms with Crippen molar-refractivity contribution in [1.82, 2.24) is 0 Å². The van der Waals surface area contributed by atoms with Gasteiger partial charge in [-0.05, 0) is 12.1 Å². The molecule has 0 aliphatic heterocycles. The first-order chi connectivity index (χ1) is 7.00. The summed E-state index contributed by atoms with van der Waals surface area (Å²) in [5.74, 6) is 0. The number of hydrogen-bond acceptors (Lipinski definition) is 2. The van der Waals surface area contributed by atoms with Crippen molar-refractivity contribution in [3.8, 4) is 0 Å². The molecule has 0 aliphatic rings. The molecule has 0 atom stereocenters. The highest BCUT2D eigenvalue weighted by atomic mass is 35.6. The Kier molecular flexibility index (Phi) is 2.67. The van der Waals surface area contributed by atoms with Gasteiger partial charge in [-0.15, -0.1) is 0 Å². The van der Waals surface area contributed by atoms with E-state index in [1.807, 2.05) is 0 Å². The van der Waals surface area contributed by atoms with E-state index in [1.165, 1.54) is 6.26 Å². The van der Waals surface area contributed by atoms with Crippen LogP contribution in [0.1, 0.15) is 5.56 Å². The summed E-state index contributed by atoms with van der Waals surface area (Å²) in [5, 5.41) is 0.404. The van der Waals surface area contributed by atoms with E-state index in [0.717, 1.165) is 0 Å². The molecule has 15 heavy (non-hydrogen) atoms. The van der Waals surface area contributed by atoms with Crippen molar-refractivity contribution in [2.45, 2.75) is 3.79 Å². The third kappa shape index (κ3) is 1.98. The van der Waals surface area contributed by atoms with Crippen LogP contribution in [-0.4, -0.2) is 0 Å². The van der Waals surface area contributed by atoms with Crippen LogP contribution in [0.4, 0.5) is 0 Å². The van der Waals surface area contributed by atoms with E-state index < -0.39 is 3.79 Å². The summed E-state index contributed by atoms with van der Waals surface area (Å²) >= 11 is 16.9. The van der Waals surface area contributed by atoms with Crippen molar-refractivity contribution < 1.29 is 4.42 Å². The first-order valence-corrected chi connectivity index (χ1v) is 5.21. The van der Waals surface area contributed by atoms with Gasteiger partial charge in [0.15, 0.2) is 5.43 Å². The lowest BCUT2D eigenvalue weighted by molar-refractivity contribution is 0.594. The molecule has 0 N–H and O–H groups in total. The zero-order valence-electron chi connectivity index (χ0n) is 7.34. The van der Waals surface area contributed by atoms with Gasteiger partial charge >= 0.3 is 0 Å². The third-order valence-electron chi connectivity index (χ3n) is 1.99. The van der Waals surface area contributed by atoms with Gasteiger partial charge in [0.05, 0.1) is 10.9 Å². The highest BCUT2D eigenvalue weighted by Gasteiger charge is 2.27. The Bertz CT molecular complexity index is 554. The predicted molar refractivity (Wildman–Crippen MR) is 61.7 cm³/mol. The number of fused-ring (bicyclic) bond motifs is 1. The lowest BCUT2D eigenvalue weighted by atomic mass is 10.2. The number of alkyl halides is 3. The number of para-hydroxylation sites is 1. The van der Waals surface area contributed by atoms with Gasteiger partial charge in [0.2, 0.25) is 3.79 Å². The molecule has 1 aromatic heterocycles. The first kappa shape index (κ1) is 10.8. The van der Waals surface area contributed by atoms with Crippen LogP contribution in [0.2, 0.25) is 0 Å². The molecule has 1 aromatic carbocycles. The molecule has 1 heterocycles. The summed E-state index contributed by atoms with van der Waals surface area (Å²) in [4.78, 5) is 11.9. The molecule has 0 fully saturated rings. The lowest BCUT2D eigenvalue weighted by Gasteiger charge is -2.09. The normalized spacial score (nSPS) is 11.9. The molecule has 2 rings (SSSR count). The van der Waals surface area contributed by atoms with Crippen LogP contribution in [0.25, 0.3) is 11.0 Å². The first-order valence-electron chi connectivity index (χ1n) is 4.08. The molecule has 0 radical (unpaired) electrons. The van der Waals surface area contributed by atoms with Crippen LogP contribution in [0, 0.1) is 0 Å². The maximum Gasteiger partial charge on any atom is 0.222 e. The lowest BCUT2D eigenvalue weighted by Crippen LogP contribution is -2.16. The largest absolute Gasteiger partial charge is 0.464 e. The fourth-order valence-corrected chi connectivity index (χ4v) is 1.66. The summed E-state index contributed by atoms with van der Waals surface area (Å²) in [6, 6.07) is 6.79. The molecule has 0 unspecified atom stereocenters. The summed E-state index contributed by atoms with van der Waals surface area (Å²) in [5.41, 5.74) is 0.170. The second kappa shape index (κ2) is 3.71. The Balaban J connectivity index is 2.83. The molecule has 2 aromatic rings. The van der Waals surface area contributed by atoms with Crippen LogP contribution in [0.15, 0.2) is 39.7 Å². The fraction of sp³-hybridized carbons (Fsp3) is 0.100. The Morgan fingerprint density at radius 1 is 1.13 bits per heavy atom. The molecule has 78 valence electrons. The van der Waals surface area contributed by atoms with Gasteiger partial charge in [-0.3, -0.25) is 4.79 Å². The molecular weight excluding hydrogens is 258 g/mol. The Hall–Kier alpha value is -0.700. The van der Waals surface area contributed by atoms with Gasteiger partial charge in [-0.1, -0.05) is 46.9 Å². The van der Waals surface area contributed by atoms with E-state index in [1.54, 1.807) is 24.3 Å². The van der Waals surface area contributed by atoms with E-state index >= 15 is 0 Å². The molecule has 0 saturated heterocycles. The molecule has 0 bridgehead atoms. The molecule has 0 spiro atoms. The van der Waals surface area contributed by atoms with Gasteiger partial charge in [0.25, 0.3) is 0 Å². The van der Waals surface area contributed by atoms with E-state index in [9.17, 15) is 4.79 Å². The summed E-state index contributed by atoms with van der Waals surface area (Å²) in [7, 11) is 0. The molecule has 2 nitrogen and oxygen atoms in total. The van der Waals surface area contributed by atoms with Crippen molar-refractivity contribution in [3.63, 3.8) is 0 Å². The predicted octanol–water partition coefficient (Wildman–Crippen LogP) is 3.62. The van der Waals surface area contributed by atoms with Gasteiger partial charge in [-0.25, -0.2) is 0 Å². The number of hydrogen-bond donors (Lipinski definition) is 0. The van der Waals surface area contributed by atoms with Crippen molar-refractivity contribution >= 4 is 45.8 Å². The Morgan fingerprint density at radius 2 is 1.80 bits per heavy atom. The topological polar surface area (TPSA) is 30.2 Å². The van der Waals surface area contributed by atoms with Crippen LogP contribution in [0.3, 0.4) is 0 Å². The molecular formula is C10H5Cl3O2. The standard InChI is InChI=1S/C10H5Cl3O2/c11-10(12,13)7-5-15-8-4-2-1-3-6(8)9(7)14/h1-5H. The van der Waals surface area contributed by atoms with E-state index in [-0.39, 0.29) is 11.0 Å². The minimum absolute atomic E-state index is 0.0196. The zero-order valence-corrected chi connectivity index (χ0v) is 9.60. The van der Waals surface area contributed by atoms with Gasteiger partial charge in [0, 0.05) is 0 Å². The van der Waals surface area contributed by atoms with Crippen molar-refractivity contribution in [2.75, 3.05) is 0 Å². The minimum atomic E-state index is -1.76. The molecule has 0 saturated carbocycles. The minimum Gasteiger partial charge on any atom is -0.464 e. The molecule has 5 heteroatoms. The van der Waals surface area contributed by atoms with Crippen LogP contribution in [0.5, 0.6) is 0 Å². The van der Waals surface area contributed by atoms with E-state index in [0.29, 0.717) is 11.0 Å². The number of halogens is 3. The molecule has 0 amide bonds. The summed E-state index contributed by atoms with van der Waals surface area (Å²) in [6.45, 7) is 0. The van der Waals surface area contributed by atoms with Gasteiger partial charge < -0.3 is 4.42 Å². The van der Waals surface area contributed by atoms with Gasteiger partial charge in [0.1, 0.15) is 11.8 Å². The van der Waals surface area contributed by atoms with Gasteiger partial charge in [-0.2, -0.15) is 0 Å². The summed E-state index contributed by atoms with van der Waals surface area (Å²) < 4.78 is 3.44. The Morgan fingerprint density at radius 3 is 2.47 bits per heavy atom. The van der Waals surface area contributed by atoms with E-state index in [4.69, 9.17) is 39.2 Å². The zero-order chi connectivity index (χ0) is 11.1. The second-order valence-electron chi connectivity index (χ2n) is 2.97. The average molecular weight is 264 g/mol. The number of rotatable bonds is 0. The third-order valence-corrected chi connectivity index (χ3v) is 2.60. The smallest absolute Gasteiger partial charge is 0.222 e. The van der Waals surface area contributed by atoms with Crippen molar-refractivity contribution in [1.29, 1.82) is 0 Å². The Labute approximate surface area is 100 Å². The van der Waals surface area contributed by atoms with Crippen LogP contribution in [-0.2, 0) is 3.79 Å². The quantitative estimate of drug-likeness (QED) is 0.680. The SMILES string of the molecule is O=c1c(C(Cl)(Cl)Cl)coc2ccccc12. The van der Waals surface area contributed by atoms with E-state index in [2.05, 4.69) is 0 Å². The summed E-state index contributed by atoms with van der Waals surface area (Å²) in [6.07, 6.45) is 1.18. The maximum absolute atomic E-state index is 11.9. The average Bonchev–Trinajstić information content (AvgIpc) is 2.16. The monoisotopic (exact) mass is 262 g/mol.